The second-order valence-corrected chi connectivity index (χ2v) is 6.30. The highest BCUT2D eigenvalue weighted by Crippen LogP contribution is 2.34. The molecule has 7 nitrogen and oxygen atoms in total. The topological polar surface area (TPSA) is 83.0 Å². The molecular weight excluding hydrogens is 292 g/mol. The van der Waals surface area contributed by atoms with E-state index in [4.69, 9.17) is 4.42 Å². The lowest BCUT2D eigenvalue weighted by Gasteiger charge is -2.09. The van der Waals surface area contributed by atoms with E-state index < -0.39 is 5.97 Å². The van der Waals surface area contributed by atoms with Crippen LogP contribution in [-0.4, -0.2) is 33.3 Å². The SMILES string of the molecule is COC(=O)c1ccc(C(C)Sc2nnnn2CC(C)C)o1. The number of hydrogen-bond donors (Lipinski definition) is 0. The van der Waals surface area contributed by atoms with Crippen molar-refractivity contribution in [3.05, 3.63) is 23.7 Å². The summed E-state index contributed by atoms with van der Waals surface area (Å²) in [5.41, 5.74) is 0. The Morgan fingerprint density at radius 2 is 2.19 bits per heavy atom. The van der Waals surface area contributed by atoms with E-state index in [0.29, 0.717) is 11.7 Å². The molecule has 2 aromatic rings. The minimum atomic E-state index is -0.483. The van der Waals surface area contributed by atoms with Gasteiger partial charge >= 0.3 is 5.97 Å². The number of rotatable bonds is 6. The third-order valence-corrected chi connectivity index (χ3v) is 3.82. The van der Waals surface area contributed by atoms with Gasteiger partial charge in [-0.3, -0.25) is 0 Å². The molecule has 0 aliphatic heterocycles. The van der Waals surface area contributed by atoms with Crippen molar-refractivity contribution in [1.82, 2.24) is 20.2 Å². The number of thioether (sulfide) groups is 1. The minimum absolute atomic E-state index is 0.0136. The molecule has 1 atom stereocenters. The first-order valence-corrected chi connectivity index (χ1v) is 7.50. The molecule has 0 amide bonds. The van der Waals surface area contributed by atoms with Gasteiger partial charge in [0.05, 0.1) is 12.4 Å². The van der Waals surface area contributed by atoms with Gasteiger partial charge in [0.1, 0.15) is 5.76 Å². The summed E-state index contributed by atoms with van der Waals surface area (Å²) in [5.74, 6) is 0.849. The molecule has 0 saturated heterocycles. The smallest absolute Gasteiger partial charge is 0.373 e. The number of esters is 1. The predicted molar refractivity (Wildman–Crippen MR) is 77.0 cm³/mol. The Bertz CT molecular complexity index is 608. The van der Waals surface area contributed by atoms with E-state index in [1.807, 2.05) is 6.92 Å². The van der Waals surface area contributed by atoms with E-state index in [2.05, 4.69) is 34.1 Å². The zero-order chi connectivity index (χ0) is 15.4. The maximum Gasteiger partial charge on any atom is 0.373 e. The zero-order valence-corrected chi connectivity index (χ0v) is 13.3. The van der Waals surface area contributed by atoms with Gasteiger partial charge in [-0.1, -0.05) is 25.6 Å². The quantitative estimate of drug-likeness (QED) is 0.599. The maximum absolute atomic E-state index is 11.4. The molecule has 0 saturated carbocycles. The average molecular weight is 310 g/mol. The van der Waals surface area contributed by atoms with Gasteiger partial charge in [-0.05, 0) is 35.4 Å². The number of tetrazole rings is 1. The minimum Gasteiger partial charge on any atom is -0.463 e. The Balaban J connectivity index is 2.07. The summed E-state index contributed by atoms with van der Waals surface area (Å²) < 4.78 is 11.9. The summed E-state index contributed by atoms with van der Waals surface area (Å²) in [6, 6.07) is 3.37. The van der Waals surface area contributed by atoms with Crippen LogP contribution in [0.1, 0.15) is 42.3 Å². The van der Waals surface area contributed by atoms with Crippen molar-refractivity contribution in [2.45, 2.75) is 37.7 Å². The number of hydrogen-bond acceptors (Lipinski definition) is 7. The molecule has 8 heteroatoms. The van der Waals surface area contributed by atoms with E-state index in [-0.39, 0.29) is 11.0 Å². The molecular formula is C13H18N4O3S. The number of furan rings is 1. The fourth-order valence-corrected chi connectivity index (χ4v) is 2.61. The average Bonchev–Trinajstić information content (AvgIpc) is 3.07. The number of carbonyl (C=O) groups is 1. The van der Waals surface area contributed by atoms with Gasteiger partial charge in [-0.2, -0.15) is 0 Å². The number of carbonyl (C=O) groups excluding carboxylic acids is 1. The van der Waals surface area contributed by atoms with Crippen molar-refractivity contribution in [3.8, 4) is 0 Å². The molecule has 21 heavy (non-hydrogen) atoms. The Kier molecular flexibility index (Phi) is 5.00. The van der Waals surface area contributed by atoms with E-state index in [0.717, 1.165) is 11.7 Å². The molecule has 2 rings (SSSR count). The van der Waals surface area contributed by atoms with Crippen molar-refractivity contribution in [3.63, 3.8) is 0 Å². The molecule has 2 heterocycles. The van der Waals surface area contributed by atoms with Crippen LogP contribution in [0.5, 0.6) is 0 Å². The summed E-state index contributed by atoms with van der Waals surface area (Å²) >= 11 is 1.49. The summed E-state index contributed by atoms with van der Waals surface area (Å²) in [4.78, 5) is 11.4. The molecule has 0 aliphatic carbocycles. The molecule has 0 fully saturated rings. The van der Waals surface area contributed by atoms with Gasteiger partial charge in [0.2, 0.25) is 10.9 Å². The zero-order valence-electron chi connectivity index (χ0n) is 12.4. The third kappa shape index (κ3) is 3.84. The molecule has 0 aromatic carbocycles. The molecule has 0 radical (unpaired) electrons. The van der Waals surface area contributed by atoms with Crippen LogP contribution in [0.25, 0.3) is 0 Å². The number of ether oxygens (including phenoxy) is 1. The molecule has 0 bridgehead atoms. The Hall–Kier alpha value is -1.83. The number of aromatic nitrogens is 4. The van der Waals surface area contributed by atoms with E-state index in [9.17, 15) is 4.79 Å². The highest BCUT2D eigenvalue weighted by molar-refractivity contribution is 7.99. The molecule has 1 unspecified atom stereocenters. The Labute approximate surface area is 127 Å². The first-order chi connectivity index (χ1) is 10.0. The predicted octanol–water partition coefficient (Wildman–Crippen LogP) is 2.56. The summed E-state index contributed by atoms with van der Waals surface area (Å²) in [6.45, 7) is 6.94. The van der Waals surface area contributed by atoms with Gasteiger partial charge in [-0.15, -0.1) is 5.10 Å². The number of nitrogens with zero attached hydrogens (tertiary/aromatic N) is 4. The highest BCUT2D eigenvalue weighted by atomic mass is 32.2. The van der Waals surface area contributed by atoms with Crippen LogP contribution in [-0.2, 0) is 11.3 Å². The van der Waals surface area contributed by atoms with Crippen molar-refractivity contribution in [1.29, 1.82) is 0 Å². The van der Waals surface area contributed by atoms with Crippen LogP contribution in [0.3, 0.4) is 0 Å². The monoisotopic (exact) mass is 310 g/mol. The summed E-state index contributed by atoms with van der Waals surface area (Å²) in [7, 11) is 1.32. The fraction of sp³-hybridized carbons (Fsp3) is 0.538. The molecule has 0 aliphatic rings. The fourth-order valence-electron chi connectivity index (χ4n) is 1.74. The second kappa shape index (κ2) is 6.75. The van der Waals surface area contributed by atoms with Gasteiger partial charge < -0.3 is 9.15 Å². The van der Waals surface area contributed by atoms with Crippen LogP contribution in [0.15, 0.2) is 21.7 Å². The molecule has 2 aromatic heterocycles. The third-order valence-electron chi connectivity index (χ3n) is 2.73. The van der Waals surface area contributed by atoms with E-state index in [1.54, 1.807) is 16.8 Å². The van der Waals surface area contributed by atoms with E-state index >= 15 is 0 Å². The van der Waals surface area contributed by atoms with Crippen LogP contribution in [0.4, 0.5) is 0 Å². The van der Waals surface area contributed by atoms with Crippen molar-refractivity contribution < 1.29 is 13.9 Å². The number of methoxy groups -OCH3 is 1. The molecule has 0 spiro atoms. The van der Waals surface area contributed by atoms with Crippen molar-refractivity contribution in [2.24, 2.45) is 5.92 Å². The highest BCUT2D eigenvalue weighted by Gasteiger charge is 2.19. The maximum atomic E-state index is 11.4. The van der Waals surface area contributed by atoms with Gasteiger partial charge in [0.25, 0.3) is 0 Å². The van der Waals surface area contributed by atoms with Crippen molar-refractivity contribution >= 4 is 17.7 Å². The first kappa shape index (κ1) is 15.6. The van der Waals surface area contributed by atoms with Crippen molar-refractivity contribution in [2.75, 3.05) is 7.11 Å². The van der Waals surface area contributed by atoms with Gasteiger partial charge in [0, 0.05) is 6.54 Å². The Morgan fingerprint density at radius 1 is 1.43 bits per heavy atom. The lowest BCUT2D eigenvalue weighted by Crippen LogP contribution is -2.08. The standard InChI is InChI=1S/C13H18N4O3S/c1-8(2)7-17-13(14-15-16-17)21-9(3)10-5-6-11(20-10)12(18)19-4/h5-6,8-9H,7H2,1-4H3. The summed E-state index contributed by atoms with van der Waals surface area (Å²) in [5, 5.41) is 12.4. The normalized spacial score (nSPS) is 12.6. The Morgan fingerprint density at radius 3 is 2.86 bits per heavy atom. The van der Waals surface area contributed by atoms with Crippen LogP contribution >= 0.6 is 11.8 Å². The molecule has 114 valence electrons. The van der Waals surface area contributed by atoms with Crippen LogP contribution in [0, 0.1) is 5.92 Å². The second-order valence-electron chi connectivity index (χ2n) is 4.99. The lowest BCUT2D eigenvalue weighted by atomic mass is 10.2. The van der Waals surface area contributed by atoms with E-state index in [1.165, 1.54) is 18.9 Å². The van der Waals surface area contributed by atoms with Crippen LogP contribution in [0.2, 0.25) is 0 Å². The summed E-state index contributed by atoms with van der Waals surface area (Å²) in [6.07, 6.45) is 0. The molecule has 0 N–H and O–H groups in total. The first-order valence-electron chi connectivity index (χ1n) is 6.62. The van der Waals surface area contributed by atoms with Gasteiger partial charge in [-0.25, -0.2) is 9.48 Å². The van der Waals surface area contributed by atoms with Gasteiger partial charge in [0.15, 0.2) is 0 Å². The lowest BCUT2D eigenvalue weighted by molar-refractivity contribution is 0.0563. The largest absolute Gasteiger partial charge is 0.463 e. The van der Waals surface area contributed by atoms with Crippen LogP contribution < -0.4 is 0 Å².